The Hall–Kier alpha value is -2.13. The van der Waals surface area contributed by atoms with E-state index in [0.717, 1.165) is 35.1 Å². The van der Waals surface area contributed by atoms with E-state index in [4.69, 9.17) is 10.2 Å². The highest BCUT2D eigenvalue weighted by molar-refractivity contribution is 5.77. The molecule has 1 heterocycles. The first-order chi connectivity index (χ1) is 9.72. The van der Waals surface area contributed by atoms with E-state index < -0.39 is 0 Å². The van der Waals surface area contributed by atoms with Crippen LogP contribution in [-0.4, -0.2) is 0 Å². The van der Waals surface area contributed by atoms with E-state index in [0.29, 0.717) is 0 Å². The number of hydrogen-bond acceptors (Lipinski definition) is 2. The highest BCUT2D eigenvalue weighted by Crippen LogP contribution is 2.23. The molecule has 0 saturated heterocycles. The third kappa shape index (κ3) is 2.73. The first-order valence-electron chi connectivity index (χ1n) is 6.71. The molecule has 0 aliphatic heterocycles. The van der Waals surface area contributed by atoms with Crippen molar-refractivity contribution in [2.24, 2.45) is 5.73 Å². The summed E-state index contributed by atoms with van der Waals surface area (Å²) in [7, 11) is 0. The molecule has 102 valence electrons. The molecule has 1 atom stereocenters. The van der Waals surface area contributed by atoms with Gasteiger partial charge in [-0.2, -0.15) is 0 Å². The maximum Gasteiger partial charge on any atom is 0.134 e. The Balaban J connectivity index is 1.71. The van der Waals surface area contributed by atoms with Crippen molar-refractivity contribution in [1.29, 1.82) is 0 Å². The van der Waals surface area contributed by atoms with Gasteiger partial charge < -0.3 is 10.2 Å². The van der Waals surface area contributed by atoms with Gasteiger partial charge in [-0.25, -0.2) is 4.39 Å². The van der Waals surface area contributed by atoms with Crippen LogP contribution in [0.15, 0.2) is 59.0 Å². The monoisotopic (exact) mass is 269 g/mol. The van der Waals surface area contributed by atoms with Crippen molar-refractivity contribution in [3.8, 4) is 0 Å². The molecule has 2 N–H and O–H groups in total. The van der Waals surface area contributed by atoms with Crippen LogP contribution in [0.4, 0.5) is 4.39 Å². The Morgan fingerprint density at radius 2 is 1.85 bits per heavy atom. The lowest BCUT2D eigenvalue weighted by Gasteiger charge is -2.10. The third-order valence-electron chi connectivity index (χ3n) is 3.46. The molecule has 0 radical (unpaired) electrons. The Kier molecular flexibility index (Phi) is 3.52. The van der Waals surface area contributed by atoms with Gasteiger partial charge in [-0.15, -0.1) is 0 Å². The van der Waals surface area contributed by atoms with E-state index in [1.807, 2.05) is 36.4 Å². The molecule has 0 fully saturated rings. The minimum Gasteiger partial charge on any atom is -0.461 e. The number of halogens is 1. The van der Waals surface area contributed by atoms with E-state index in [9.17, 15) is 4.39 Å². The Bertz CT molecular complexity index is 705. The van der Waals surface area contributed by atoms with Crippen molar-refractivity contribution in [1.82, 2.24) is 0 Å². The molecule has 2 aromatic carbocycles. The second kappa shape index (κ2) is 5.47. The van der Waals surface area contributed by atoms with Gasteiger partial charge in [-0.1, -0.05) is 30.3 Å². The fourth-order valence-electron chi connectivity index (χ4n) is 2.36. The third-order valence-corrected chi connectivity index (χ3v) is 3.46. The van der Waals surface area contributed by atoms with E-state index in [1.165, 1.54) is 12.1 Å². The lowest BCUT2D eigenvalue weighted by molar-refractivity contribution is 0.518. The summed E-state index contributed by atoms with van der Waals surface area (Å²) in [5.41, 5.74) is 8.00. The number of furan rings is 1. The quantitative estimate of drug-likeness (QED) is 0.770. The van der Waals surface area contributed by atoms with Gasteiger partial charge in [0.2, 0.25) is 0 Å². The number of benzene rings is 2. The molecule has 0 spiro atoms. The van der Waals surface area contributed by atoms with Crippen molar-refractivity contribution in [3.05, 3.63) is 71.7 Å². The number of aryl methyl sites for hydroxylation is 1. The molecule has 0 saturated carbocycles. The standard InChI is InChI=1S/C17H16FNO/c18-14-6-9-17-13(10-14)11-15(20-17)7-8-16(19)12-4-2-1-3-5-12/h1-6,9-11,16H,7-8,19H2. The molecular formula is C17H16FNO. The average molecular weight is 269 g/mol. The van der Waals surface area contributed by atoms with Crippen molar-refractivity contribution < 1.29 is 8.81 Å². The summed E-state index contributed by atoms with van der Waals surface area (Å²) in [6.45, 7) is 0. The molecule has 3 heteroatoms. The fourth-order valence-corrected chi connectivity index (χ4v) is 2.36. The smallest absolute Gasteiger partial charge is 0.134 e. The van der Waals surface area contributed by atoms with Crippen molar-refractivity contribution in [3.63, 3.8) is 0 Å². The second-order valence-corrected chi connectivity index (χ2v) is 4.95. The topological polar surface area (TPSA) is 39.2 Å². The molecule has 3 aromatic rings. The van der Waals surface area contributed by atoms with Gasteiger partial charge in [-0.3, -0.25) is 0 Å². The van der Waals surface area contributed by atoms with Crippen LogP contribution >= 0.6 is 0 Å². The van der Waals surface area contributed by atoms with Gasteiger partial charge in [0.1, 0.15) is 17.2 Å². The number of nitrogens with two attached hydrogens (primary N) is 1. The van der Waals surface area contributed by atoms with Crippen LogP contribution in [0.1, 0.15) is 23.8 Å². The fraction of sp³-hybridized carbons (Fsp3) is 0.176. The van der Waals surface area contributed by atoms with E-state index in [2.05, 4.69) is 0 Å². The zero-order valence-electron chi connectivity index (χ0n) is 11.1. The molecule has 0 amide bonds. The summed E-state index contributed by atoms with van der Waals surface area (Å²) >= 11 is 0. The minimum atomic E-state index is -0.245. The molecule has 0 bridgehead atoms. The van der Waals surface area contributed by atoms with Gasteiger partial charge in [0.25, 0.3) is 0 Å². The zero-order chi connectivity index (χ0) is 13.9. The van der Waals surface area contributed by atoms with Crippen molar-refractivity contribution in [2.45, 2.75) is 18.9 Å². The predicted molar refractivity (Wildman–Crippen MR) is 77.9 cm³/mol. The molecule has 0 aliphatic carbocycles. The maximum atomic E-state index is 13.1. The molecule has 1 unspecified atom stereocenters. The van der Waals surface area contributed by atoms with Crippen LogP contribution in [0.25, 0.3) is 11.0 Å². The van der Waals surface area contributed by atoms with E-state index in [1.54, 1.807) is 6.07 Å². The SMILES string of the molecule is NC(CCc1cc2cc(F)ccc2o1)c1ccccc1. The average Bonchev–Trinajstić information content (AvgIpc) is 2.87. The van der Waals surface area contributed by atoms with Crippen LogP contribution in [0.2, 0.25) is 0 Å². The van der Waals surface area contributed by atoms with E-state index >= 15 is 0 Å². The maximum absolute atomic E-state index is 13.1. The van der Waals surface area contributed by atoms with Crippen LogP contribution in [0.3, 0.4) is 0 Å². The van der Waals surface area contributed by atoms with Crippen molar-refractivity contribution in [2.75, 3.05) is 0 Å². The largest absolute Gasteiger partial charge is 0.461 e. The minimum absolute atomic E-state index is 0.0128. The number of fused-ring (bicyclic) bond motifs is 1. The lowest BCUT2D eigenvalue weighted by Crippen LogP contribution is -2.10. The van der Waals surface area contributed by atoms with Gasteiger partial charge in [0, 0.05) is 17.8 Å². The highest BCUT2D eigenvalue weighted by Gasteiger charge is 2.09. The number of rotatable bonds is 4. The van der Waals surface area contributed by atoms with Gasteiger partial charge in [-0.05, 0) is 36.2 Å². The summed E-state index contributed by atoms with van der Waals surface area (Å²) in [6, 6.07) is 16.4. The summed E-state index contributed by atoms with van der Waals surface area (Å²) in [4.78, 5) is 0. The molecule has 2 nitrogen and oxygen atoms in total. The van der Waals surface area contributed by atoms with Gasteiger partial charge >= 0.3 is 0 Å². The number of hydrogen-bond donors (Lipinski definition) is 1. The molecule has 1 aromatic heterocycles. The van der Waals surface area contributed by atoms with Crippen LogP contribution in [0.5, 0.6) is 0 Å². The molecule has 20 heavy (non-hydrogen) atoms. The second-order valence-electron chi connectivity index (χ2n) is 4.95. The Labute approximate surface area is 117 Å². The normalized spacial score (nSPS) is 12.7. The lowest BCUT2D eigenvalue weighted by atomic mass is 10.0. The molecule has 0 aliphatic rings. The summed E-state index contributed by atoms with van der Waals surface area (Å²) in [6.07, 6.45) is 1.54. The Morgan fingerprint density at radius 1 is 1.05 bits per heavy atom. The van der Waals surface area contributed by atoms with E-state index in [-0.39, 0.29) is 11.9 Å². The summed E-state index contributed by atoms with van der Waals surface area (Å²) in [5.74, 6) is 0.600. The highest BCUT2D eigenvalue weighted by atomic mass is 19.1. The molecule has 3 rings (SSSR count). The summed E-state index contributed by atoms with van der Waals surface area (Å²) in [5, 5.41) is 0.799. The van der Waals surface area contributed by atoms with Crippen LogP contribution in [-0.2, 0) is 6.42 Å². The summed E-state index contributed by atoms with van der Waals surface area (Å²) < 4.78 is 18.8. The van der Waals surface area contributed by atoms with Crippen molar-refractivity contribution >= 4 is 11.0 Å². The first kappa shape index (κ1) is 12.9. The van der Waals surface area contributed by atoms with Crippen LogP contribution in [0, 0.1) is 5.82 Å². The Morgan fingerprint density at radius 3 is 2.65 bits per heavy atom. The van der Waals surface area contributed by atoms with Crippen LogP contribution < -0.4 is 5.73 Å². The zero-order valence-corrected chi connectivity index (χ0v) is 11.1. The molecular weight excluding hydrogens is 253 g/mol. The predicted octanol–water partition coefficient (Wildman–Crippen LogP) is 4.20. The first-order valence-corrected chi connectivity index (χ1v) is 6.71. The van der Waals surface area contributed by atoms with Gasteiger partial charge in [0.15, 0.2) is 0 Å². The van der Waals surface area contributed by atoms with Gasteiger partial charge in [0.05, 0.1) is 0 Å².